The number of anilines is 2. The number of nitrogens with zero attached hydrogens (tertiary/aromatic N) is 4. The first kappa shape index (κ1) is 32.2. The molecule has 0 fully saturated rings. The van der Waals surface area contributed by atoms with Gasteiger partial charge in [-0.25, -0.2) is 27.7 Å². The molecule has 2 rings (SSSR count). The summed E-state index contributed by atoms with van der Waals surface area (Å²) < 4.78 is 47.1. The van der Waals surface area contributed by atoms with E-state index in [4.69, 9.17) is 14.2 Å². The van der Waals surface area contributed by atoms with Gasteiger partial charge in [0.2, 0.25) is 17.7 Å². The molecule has 0 atom stereocenters. The van der Waals surface area contributed by atoms with Gasteiger partial charge < -0.3 is 18.9 Å². The summed E-state index contributed by atoms with van der Waals surface area (Å²) in [6.45, 7) is 1.19. The second kappa shape index (κ2) is 14.8. The Hall–Kier alpha value is -3.85. The number of aromatic nitrogens is 2. The molecule has 1 heterocycles. The molecule has 18 heteroatoms. The molecule has 1 aromatic carbocycles. The van der Waals surface area contributed by atoms with Crippen LogP contribution in [-0.2, 0) is 24.3 Å². The number of hydrogen-bond acceptors (Lipinski definition) is 14. The number of urea groups is 1. The van der Waals surface area contributed by atoms with Crippen molar-refractivity contribution >= 4 is 69.2 Å². The van der Waals surface area contributed by atoms with Crippen LogP contribution in [0.2, 0.25) is 0 Å². The van der Waals surface area contributed by atoms with Gasteiger partial charge in [0.1, 0.15) is 11.4 Å². The van der Waals surface area contributed by atoms with E-state index in [1.165, 1.54) is 26.4 Å². The number of nitrogens with one attached hydrogen (secondary N) is 3. The zero-order valence-corrected chi connectivity index (χ0v) is 23.9. The number of benzene rings is 1. The second-order valence-corrected chi connectivity index (χ2v) is 8.29. The maximum atomic E-state index is 13.0. The van der Waals surface area contributed by atoms with Gasteiger partial charge in [-0.1, -0.05) is 0 Å². The fraction of sp³-hybridized carbons (Fsp3) is 0.300. The number of hydrazine groups is 1. The summed E-state index contributed by atoms with van der Waals surface area (Å²) in [7, 11) is -1.05. The van der Waals surface area contributed by atoms with Crippen molar-refractivity contribution in [2.75, 3.05) is 45.2 Å². The summed E-state index contributed by atoms with van der Waals surface area (Å²) in [6, 6.07) is 3.37. The molecule has 1 aromatic heterocycles. The molecule has 0 aliphatic heterocycles. The Morgan fingerprint density at radius 1 is 1.08 bits per heavy atom. The van der Waals surface area contributed by atoms with Crippen LogP contribution in [0, 0.1) is 11.5 Å². The van der Waals surface area contributed by atoms with Gasteiger partial charge in [0.15, 0.2) is 6.19 Å². The topological polar surface area (TPSA) is 211 Å². The summed E-state index contributed by atoms with van der Waals surface area (Å²) in [6.07, 6.45) is 1.69. The van der Waals surface area contributed by atoms with Crippen LogP contribution in [0.1, 0.15) is 17.3 Å². The van der Waals surface area contributed by atoms with Crippen LogP contribution >= 0.6 is 0 Å². The van der Waals surface area contributed by atoms with E-state index in [0.717, 1.165) is 24.3 Å². The molecule has 0 saturated carbocycles. The van der Waals surface area contributed by atoms with Crippen molar-refractivity contribution < 1.29 is 41.7 Å². The Morgan fingerprint density at radius 3 is 2.24 bits per heavy atom. The van der Waals surface area contributed by atoms with Crippen LogP contribution in [-0.4, -0.2) is 105 Å². The molecule has 0 spiro atoms. The number of ether oxygens (including phenoxy) is 4. The third-order valence-corrected chi connectivity index (χ3v) is 5.57. The van der Waals surface area contributed by atoms with E-state index in [9.17, 15) is 28.1 Å². The van der Waals surface area contributed by atoms with Crippen molar-refractivity contribution in [2.45, 2.75) is 11.8 Å². The smallest absolute Gasteiger partial charge is 0.339 e. The summed E-state index contributed by atoms with van der Waals surface area (Å²) >= 11 is 0. The Morgan fingerprint density at radius 2 is 1.71 bits per heavy atom. The molecule has 1 radical (unpaired) electrons. The van der Waals surface area contributed by atoms with Crippen LogP contribution in [0.25, 0.3) is 0 Å². The summed E-state index contributed by atoms with van der Waals surface area (Å²) in [5.41, 5.74) is 2.08. The Bertz CT molecular complexity index is 1300. The molecule has 0 bridgehead atoms. The SMILES string of the molecule is CCOC(=O)CN(C#N)Nc1ccc(C(=O)OC)c(S(=O)(=O)NC(=O)Nc2nc(OC)cc(OC)n2)c1.[Na]. The molecule has 0 saturated heterocycles. The number of carbonyl (C=O) groups is 3. The normalized spacial score (nSPS) is 10.1. The van der Waals surface area contributed by atoms with Gasteiger partial charge in [-0.05, 0) is 25.1 Å². The zero-order valence-electron chi connectivity index (χ0n) is 21.1. The van der Waals surface area contributed by atoms with E-state index >= 15 is 0 Å². The molecule has 3 N–H and O–H groups in total. The van der Waals surface area contributed by atoms with Gasteiger partial charge in [-0.15, -0.1) is 0 Å². The molecular formula is C20H23N7NaO9S. The molecular weight excluding hydrogens is 537 g/mol. The molecule has 2 aromatic rings. The molecule has 0 unspecified atom stereocenters. The Balaban J connectivity index is 0.00000722. The van der Waals surface area contributed by atoms with Crippen molar-refractivity contribution in [1.82, 2.24) is 19.7 Å². The van der Waals surface area contributed by atoms with Crippen molar-refractivity contribution in [3.63, 3.8) is 0 Å². The molecule has 0 aliphatic rings. The van der Waals surface area contributed by atoms with E-state index in [1.807, 2.05) is 0 Å². The van der Waals surface area contributed by atoms with Gasteiger partial charge in [0, 0.05) is 29.6 Å². The number of hydrogen-bond donors (Lipinski definition) is 3. The zero-order chi connectivity index (χ0) is 27.6. The number of rotatable bonds is 11. The number of esters is 2. The maximum absolute atomic E-state index is 13.0. The van der Waals surface area contributed by atoms with Gasteiger partial charge >= 0.3 is 18.0 Å². The third-order valence-electron chi connectivity index (χ3n) is 4.20. The quantitative estimate of drug-likeness (QED) is 0.109. The maximum Gasteiger partial charge on any atom is 0.339 e. The van der Waals surface area contributed by atoms with Crippen LogP contribution in [0.3, 0.4) is 0 Å². The first-order valence-electron chi connectivity index (χ1n) is 10.2. The predicted octanol–water partition coefficient (Wildman–Crippen LogP) is 0.0831. The fourth-order valence-electron chi connectivity index (χ4n) is 2.66. The van der Waals surface area contributed by atoms with Crippen molar-refractivity contribution in [2.24, 2.45) is 0 Å². The molecule has 0 aliphatic carbocycles. The van der Waals surface area contributed by atoms with Gasteiger partial charge in [0.05, 0.1) is 45.3 Å². The van der Waals surface area contributed by atoms with Crippen LogP contribution < -0.4 is 24.9 Å². The monoisotopic (exact) mass is 560 g/mol. The number of methoxy groups -OCH3 is 3. The number of carbonyl (C=O) groups excluding carboxylic acids is 3. The minimum atomic E-state index is -4.71. The van der Waals surface area contributed by atoms with Crippen molar-refractivity contribution in [3.8, 4) is 18.0 Å². The number of amides is 2. The van der Waals surface area contributed by atoms with Crippen LogP contribution in [0.5, 0.6) is 11.8 Å². The number of sulfonamides is 1. The average molecular weight is 561 g/mol. The van der Waals surface area contributed by atoms with Crippen LogP contribution in [0.4, 0.5) is 16.4 Å². The second-order valence-electron chi connectivity index (χ2n) is 6.64. The van der Waals surface area contributed by atoms with E-state index in [1.54, 1.807) is 17.8 Å². The minimum Gasteiger partial charge on any atom is -0.481 e. The van der Waals surface area contributed by atoms with Crippen molar-refractivity contribution in [3.05, 3.63) is 29.8 Å². The van der Waals surface area contributed by atoms with E-state index in [0.29, 0.717) is 0 Å². The Kier molecular flexibility index (Phi) is 12.5. The predicted molar refractivity (Wildman–Crippen MR) is 131 cm³/mol. The van der Waals surface area contributed by atoms with Crippen LogP contribution in [0.15, 0.2) is 29.2 Å². The molecule has 2 amide bonds. The van der Waals surface area contributed by atoms with E-state index in [-0.39, 0.29) is 59.6 Å². The van der Waals surface area contributed by atoms with E-state index < -0.39 is 45.0 Å². The molecule has 199 valence electrons. The van der Waals surface area contributed by atoms with E-state index in [2.05, 4.69) is 25.4 Å². The largest absolute Gasteiger partial charge is 0.481 e. The third kappa shape index (κ3) is 8.92. The Labute approximate surface area is 239 Å². The average Bonchev–Trinajstić information content (AvgIpc) is 2.87. The summed E-state index contributed by atoms with van der Waals surface area (Å²) in [5, 5.41) is 12.2. The fourth-order valence-corrected chi connectivity index (χ4v) is 3.79. The summed E-state index contributed by atoms with van der Waals surface area (Å²) in [4.78, 5) is 43.4. The summed E-state index contributed by atoms with van der Waals surface area (Å²) in [5.74, 6) is -2.01. The molecule has 38 heavy (non-hydrogen) atoms. The molecule has 16 nitrogen and oxygen atoms in total. The number of nitriles is 1. The standard InChI is InChI=1S/C20H23N7O9S.Na/c1-5-36-17(28)10-27(11-21)25-12-6-7-13(18(29)35-4)14(8-12)37(31,32)26-20(30)24-19-22-15(33-2)9-16(23-19)34-3;/h6-9,25H,5,10H2,1-4H3,(H2,22,23,24,26,30);. The van der Waals surface area contributed by atoms with Gasteiger partial charge in [-0.3, -0.25) is 15.5 Å². The first-order chi connectivity index (χ1) is 17.6. The minimum absolute atomic E-state index is 0. The van der Waals surface area contributed by atoms with Gasteiger partial charge in [-0.2, -0.15) is 15.2 Å². The first-order valence-corrected chi connectivity index (χ1v) is 11.7. The van der Waals surface area contributed by atoms with Crippen molar-refractivity contribution in [1.29, 1.82) is 5.26 Å². The van der Waals surface area contributed by atoms with Gasteiger partial charge in [0.25, 0.3) is 10.0 Å².